The molecule has 0 aromatic heterocycles. The van der Waals surface area contributed by atoms with Crippen molar-refractivity contribution < 1.29 is 9.84 Å². The molecule has 0 aromatic rings. The molecular weight excluding hydrogens is 190 g/mol. The highest BCUT2D eigenvalue weighted by atomic mass is 16.5. The van der Waals surface area contributed by atoms with Crippen LogP contribution in [-0.2, 0) is 4.74 Å². The van der Waals surface area contributed by atoms with Gasteiger partial charge in [-0.05, 0) is 38.8 Å². The molecule has 0 spiro atoms. The van der Waals surface area contributed by atoms with E-state index >= 15 is 0 Å². The standard InChI is InChI=1S/C12H25NO2/c1-4-12(5-2,11(14)10-15-3)13-8-6-7-9-13/h11,14H,4-10H2,1-3H3. The van der Waals surface area contributed by atoms with Crippen LogP contribution in [0, 0.1) is 0 Å². The van der Waals surface area contributed by atoms with E-state index in [-0.39, 0.29) is 11.6 Å². The van der Waals surface area contributed by atoms with Crippen molar-refractivity contribution >= 4 is 0 Å². The van der Waals surface area contributed by atoms with E-state index < -0.39 is 0 Å². The fraction of sp³-hybridized carbons (Fsp3) is 1.00. The van der Waals surface area contributed by atoms with Crippen molar-refractivity contribution in [3.63, 3.8) is 0 Å². The first kappa shape index (κ1) is 12.9. The Morgan fingerprint density at radius 1 is 1.27 bits per heavy atom. The van der Waals surface area contributed by atoms with Gasteiger partial charge >= 0.3 is 0 Å². The minimum atomic E-state index is -0.365. The molecule has 1 unspecified atom stereocenters. The maximum atomic E-state index is 10.3. The van der Waals surface area contributed by atoms with Crippen LogP contribution in [0.5, 0.6) is 0 Å². The fourth-order valence-corrected chi connectivity index (χ4v) is 2.85. The van der Waals surface area contributed by atoms with Crippen LogP contribution in [0.4, 0.5) is 0 Å². The Labute approximate surface area is 93.4 Å². The second-order valence-corrected chi connectivity index (χ2v) is 4.48. The molecule has 1 N–H and O–H groups in total. The predicted molar refractivity (Wildman–Crippen MR) is 62.0 cm³/mol. The highest BCUT2D eigenvalue weighted by Crippen LogP contribution is 2.31. The molecule has 1 rings (SSSR count). The van der Waals surface area contributed by atoms with Crippen LogP contribution in [0.3, 0.4) is 0 Å². The Kier molecular flexibility index (Phi) is 5.03. The summed E-state index contributed by atoms with van der Waals surface area (Å²) in [4.78, 5) is 2.46. The van der Waals surface area contributed by atoms with Gasteiger partial charge in [0.1, 0.15) is 0 Å². The third-order valence-electron chi connectivity index (χ3n) is 3.91. The molecule has 1 saturated heterocycles. The molecule has 1 aliphatic heterocycles. The van der Waals surface area contributed by atoms with Gasteiger partial charge in [-0.15, -0.1) is 0 Å². The maximum absolute atomic E-state index is 10.3. The van der Waals surface area contributed by atoms with Crippen LogP contribution in [0.1, 0.15) is 39.5 Å². The van der Waals surface area contributed by atoms with E-state index in [0.717, 1.165) is 25.9 Å². The molecular formula is C12H25NO2. The lowest BCUT2D eigenvalue weighted by molar-refractivity contribution is -0.0620. The van der Waals surface area contributed by atoms with Gasteiger partial charge in [-0.1, -0.05) is 13.8 Å². The number of hydrogen-bond acceptors (Lipinski definition) is 3. The van der Waals surface area contributed by atoms with E-state index in [0.29, 0.717) is 6.61 Å². The lowest BCUT2D eigenvalue weighted by Gasteiger charge is -2.44. The first-order valence-electron chi connectivity index (χ1n) is 6.13. The number of aliphatic hydroxyl groups is 1. The smallest absolute Gasteiger partial charge is 0.0956 e. The summed E-state index contributed by atoms with van der Waals surface area (Å²) >= 11 is 0. The van der Waals surface area contributed by atoms with Gasteiger partial charge in [-0.2, -0.15) is 0 Å². The largest absolute Gasteiger partial charge is 0.389 e. The van der Waals surface area contributed by atoms with Crippen LogP contribution in [0.15, 0.2) is 0 Å². The molecule has 3 heteroatoms. The molecule has 15 heavy (non-hydrogen) atoms. The van der Waals surface area contributed by atoms with E-state index in [1.54, 1.807) is 7.11 Å². The molecule has 1 atom stereocenters. The van der Waals surface area contributed by atoms with Crippen molar-refractivity contribution in [3.05, 3.63) is 0 Å². The van der Waals surface area contributed by atoms with Crippen molar-refractivity contribution in [3.8, 4) is 0 Å². The highest BCUT2D eigenvalue weighted by Gasteiger charge is 2.41. The minimum Gasteiger partial charge on any atom is -0.389 e. The van der Waals surface area contributed by atoms with Crippen molar-refractivity contribution in [1.29, 1.82) is 0 Å². The SMILES string of the molecule is CCC(CC)(C(O)COC)N1CCCC1. The maximum Gasteiger partial charge on any atom is 0.0956 e. The summed E-state index contributed by atoms with van der Waals surface area (Å²) in [5.74, 6) is 0. The molecule has 0 bridgehead atoms. The van der Waals surface area contributed by atoms with Gasteiger partial charge in [0.25, 0.3) is 0 Å². The Morgan fingerprint density at radius 3 is 2.20 bits per heavy atom. The van der Waals surface area contributed by atoms with Crippen LogP contribution in [0.25, 0.3) is 0 Å². The number of ether oxygens (including phenoxy) is 1. The zero-order valence-electron chi connectivity index (χ0n) is 10.3. The Bertz CT molecular complexity index is 174. The number of nitrogens with zero attached hydrogens (tertiary/aromatic N) is 1. The average Bonchev–Trinajstić information content (AvgIpc) is 2.75. The molecule has 0 amide bonds. The minimum absolute atomic E-state index is 0.0630. The van der Waals surface area contributed by atoms with Gasteiger partial charge in [0.15, 0.2) is 0 Å². The second kappa shape index (κ2) is 5.83. The summed E-state index contributed by atoms with van der Waals surface area (Å²) in [7, 11) is 1.66. The monoisotopic (exact) mass is 215 g/mol. The lowest BCUT2D eigenvalue weighted by atomic mass is 9.85. The molecule has 90 valence electrons. The number of hydrogen-bond donors (Lipinski definition) is 1. The number of likely N-dealkylation sites (tertiary alicyclic amines) is 1. The molecule has 0 aromatic carbocycles. The first-order valence-corrected chi connectivity index (χ1v) is 6.13. The Hall–Kier alpha value is -0.120. The zero-order chi connectivity index (χ0) is 11.3. The Balaban J connectivity index is 2.74. The number of methoxy groups -OCH3 is 1. The summed E-state index contributed by atoms with van der Waals surface area (Å²) in [6.45, 7) is 7.03. The van der Waals surface area contributed by atoms with Gasteiger partial charge in [0, 0.05) is 12.6 Å². The van der Waals surface area contributed by atoms with Crippen LogP contribution >= 0.6 is 0 Å². The lowest BCUT2D eigenvalue weighted by Crippen LogP contribution is -2.56. The molecule has 0 aliphatic carbocycles. The summed E-state index contributed by atoms with van der Waals surface area (Å²) < 4.78 is 5.10. The first-order chi connectivity index (χ1) is 7.21. The van der Waals surface area contributed by atoms with Crippen molar-refractivity contribution in [1.82, 2.24) is 4.90 Å². The number of rotatable bonds is 6. The van der Waals surface area contributed by atoms with Crippen molar-refractivity contribution in [2.45, 2.75) is 51.2 Å². The molecule has 1 heterocycles. The highest BCUT2D eigenvalue weighted by molar-refractivity contribution is 4.96. The Morgan fingerprint density at radius 2 is 1.80 bits per heavy atom. The normalized spacial score (nSPS) is 20.8. The van der Waals surface area contributed by atoms with Crippen LogP contribution in [-0.4, -0.2) is 48.5 Å². The topological polar surface area (TPSA) is 32.7 Å². The van der Waals surface area contributed by atoms with E-state index in [4.69, 9.17) is 4.74 Å². The van der Waals surface area contributed by atoms with Gasteiger partial charge < -0.3 is 9.84 Å². The van der Waals surface area contributed by atoms with Gasteiger partial charge in [-0.25, -0.2) is 0 Å². The molecule has 1 aliphatic rings. The van der Waals surface area contributed by atoms with Gasteiger partial charge in [0.05, 0.1) is 12.7 Å². The molecule has 0 saturated carbocycles. The van der Waals surface area contributed by atoms with Crippen molar-refractivity contribution in [2.75, 3.05) is 26.8 Å². The average molecular weight is 215 g/mol. The summed E-state index contributed by atoms with van der Waals surface area (Å²) in [5.41, 5.74) is -0.0630. The second-order valence-electron chi connectivity index (χ2n) is 4.48. The summed E-state index contributed by atoms with van der Waals surface area (Å²) in [6, 6.07) is 0. The molecule has 0 radical (unpaired) electrons. The third-order valence-corrected chi connectivity index (χ3v) is 3.91. The van der Waals surface area contributed by atoms with Crippen molar-refractivity contribution in [2.24, 2.45) is 0 Å². The number of aliphatic hydroxyl groups excluding tert-OH is 1. The van der Waals surface area contributed by atoms with Crippen LogP contribution < -0.4 is 0 Å². The summed E-state index contributed by atoms with van der Waals surface area (Å²) in [5, 5.41) is 10.3. The molecule has 3 nitrogen and oxygen atoms in total. The van der Waals surface area contributed by atoms with Gasteiger partial charge in [-0.3, -0.25) is 4.90 Å². The van der Waals surface area contributed by atoms with Crippen LogP contribution in [0.2, 0.25) is 0 Å². The fourth-order valence-electron chi connectivity index (χ4n) is 2.85. The van der Waals surface area contributed by atoms with E-state index in [1.807, 2.05) is 0 Å². The third kappa shape index (κ3) is 2.52. The van der Waals surface area contributed by atoms with Gasteiger partial charge in [0.2, 0.25) is 0 Å². The molecule has 1 fully saturated rings. The van der Waals surface area contributed by atoms with E-state index in [1.165, 1.54) is 12.8 Å². The predicted octanol–water partition coefficient (Wildman–Crippen LogP) is 1.65. The quantitative estimate of drug-likeness (QED) is 0.731. The zero-order valence-corrected chi connectivity index (χ0v) is 10.3. The summed E-state index contributed by atoms with van der Waals surface area (Å²) in [6.07, 6.45) is 4.15. The van der Waals surface area contributed by atoms with E-state index in [9.17, 15) is 5.11 Å². The van der Waals surface area contributed by atoms with E-state index in [2.05, 4.69) is 18.7 Å².